The predicted molar refractivity (Wildman–Crippen MR) is 84.8 cm³/mol. The molecule has 0 spiro atoms. The molecule has 110 valence electrons. The summed E-state index contributed by atoms with van der Waals surface area (Å²) in [4.78, 5) is 4.62. The normalized spacial score (nSPS) is 9.52. The van der Waals surface area contributed by atoms with Gasteiger partial charge >= 0.3 is 0 Å². The zero-order chi connectivity index (χ0) is 13.6. The summed E-state index contributed by atoms with van der Waals surface area (Å²) in [5.41, 5.74) is 3.27. The topological polar surface area (TPSA) is 12.9 Å². The van der Waals surface area contributed by atoms with E-state index in [-0.39, 0.29) is 17.1 Å². The second kappa shape index (κ2) is 7.58. The number of aromatic nitrogens is 1. The van der Waals surface area contributed by atoms with Crippen molar-refractivity contribution >= 4 is 10.9 Å². The minimum atomic E-state index is 0. The van der Waals surface area contributed by atoms with E-state index in [0.29, 0.717) is 0 Å². The van der Waals surface area contributed by atoms with E-state index in [4.69, 9.17) is 0 Å². The number of nitrogens with zero attached hydrogens (tertiary/aromatic N) is 1. The maximum absolute atomic E-state index is 4.62. The molecular weight excluding hydrogens is 298 g/mol. The Bertz CT molecular complexity index is 738. The quantitative estimate of drug-likeness (QED) is 0.355. The van der Waals surface area contributed by atoms with Gasteiger partial charge in [0.05, 0.1) is 5.52 Å². The molecule has 4 rings (SSSR count). The molecule has 0 N–H and O–H groups in total. The summed E-state index contributed by atoms with van der Waals surface area (Å²) in [6.45, 7) is 0. The molecule has 4 aromatic rings. The number of hydrogen-bond acceptors (Lipinski definition) is 1. The number of para-hydroxylation sites is 1. The van der Waals surface area contributed by atoms with Gasteiger partial charge in [0.1, 0.15) is 0 Å². The summed E-state index contributed by atoms with van der Waals surface area (Å²) in [6, 6.07) is 30.6. The number of benzene rings is 1. The average Bonchev–Trinajstić information content (AvgIpc) is 3.22. The minimum Gasteiger partial charge on any atom is -0.748 e. The van der Waals surface area contributed by atoms with Gasteiger partial charge in [0.25, 0.3) is 0 Å². The van der Waals surface area contributed by atoms with E-state index < -0.39 is 0 Å². The molecule has 0 saturated heterocycles. The second-order valence-electron chi connectivity index (χ2n) is 4.53. The first-order valence-electron chi connectivity index (χ1n) is 6.68. The molecule has 1 aromatic heterocycles. The van der Waals surface area contributed by atoms with E-state index >= 15 is 0 Å². The molecule has 0 atom stereocenters. The van der Waals surface area contributed by atoms with Gasteiger partial charge in [-0.2, -0.15) is 12.1 Å². The maximum Gasteiger partial charge on any atom is 0.0681 e. The smallest absolute Gasteiger partial charge is 0.0681 e. The predicted octanol–water partition coefficient (Wildman–Crippen LogP) is 5.02. The first-order valence-corrected chi connectivity index (χ1v) is 6.68. The van der Waals surface area contributed by atoms with Crippen LogP contribution in [0.4, 0.5) is 0 Å². The van der Waals surface area contributed by atoms with E-state index in [1.54, 1.807) is 0 Å². The van der Waals surface area contributed by atoms with Crippen molar-refractivity contribution in [3.8, 4) is 11.3 Å². The summed E-state index contributed by atoms with van der Waals surface area (Å²) < 4.78 is 0. The Kier molecular flexibility index (Phi) is 5.50. The van der Waals surface area contributed by atoms with E-state index in [9.17, 15) is 0 Å². The van der Waals surface area contributed by atoms with Crippen LogP contribution in [0.15, 0.2) is 91.0 Å². The molecule has 1 nitrogen and oxygen atoms in total. The molecule has 21 heavy (non-hydrogen) atoms. The zero-order valence-corrected chi connectivity index (χ0v) is 12.6. The zero-order valence-electron chi connectivity index (χ0n) is 11.5. The van der Waals surface area contributed by atoms with Gasteiger partial charge in [-0.15, -0.1) is 18.2 Å². The molecule has 0 aliphatic rings. The maximum atomic E-state index is 4.62. The van der Waals surface area contributed by atoms with Crippen molar-refractivity contribution in [2.45, 2.75) is 0 Å². The summed E-state index contributed by atoms with van der Waals surface area (Å²) in [5, 5.41) is 1.19. The summed E-state index contributed by atoms with van der Waals surface area (Å²) in [6.07, 6.45) is 0. The van der Waals surface area contributed by atoms with Crippen LogP contribution in [0.5, 0.6) is 0 Å². The van der Waals surface area contributed by atoms with Crippen molar-refractivity contribution in [2.75, 3.05) is 0 Å². The molecule has 0 aliphatic heterocycles. The third-order valence-electron chi connectivity index (χ3n) is 3.11. The third-order valence-corrected chi connectivity index (χ3v) is 3.11. The Morgan fingerprint density at radius 2 is 1.33 bits per heavy atom. The van der Waals surface area contributed by atoms with Crippen LogP contribution >= 0.6 is 0 Å². The van der Waals surface area contributed by atoms with Crippen molar-refractivity contribution in [3.63, 3.8) is 0 Å². The molecule has 0 fully saturated rings. The number of hydrogen-bond donors (Lipinski definition) is 0. The summed E-state index contributed by atoms with van der Waals surface area (Å²) in [7, 11) is 0. The Morgan fingerprint density at radius 1 is 0.714 bits per heavy atom. The Balaban J connectivity index is 0.000000231. The first-order chi connectivity index (χ1) is 9.93. The van der Waals surface area contributed by atoms with E-state index in [2.05, 4.69) is 35.3 Å². The second-order valence-corrected chi connectivity index (χ2v) is 4.53. The van der Waals surface area contributed by atoms with Crippen LogP contribution in [0, 0.1) is 0 Å². The standard InChI is InChI=1S/C14H10N.C5H5.Fe/c1-2-6-11(5-1)14-10-9-12-7-3-4-8-13(12)15-14;1-2-4-5-3-1;/h1-10H;1-5H;/q-1;-5;. The molecule has 3 aromatic carbocycles. The average molecular weight is 313 g/mol. The van der Waals surface area contributed by atoms with Gasteiger partial charge in [-0.05, 0) is 17.1 Å². The largest absolute Gasteiger partial charge is 0.748 e. The van der Waals surface area contributed by atoms with Crippen molar-refractivity contribution < 1.29 is 17.1 Å². The van der Waals surface area contributed by atoms with Crippen molar-refractivity contribution in [1.82, 2.24) is 4.98 Å². The molecule has 0 amide bonds. The van der Waals surface area contributed by atoms with Gasteiger partial charge in [0.2, 0.25) is 0 Å². The van der Waals surface area contributed by atoms with Crippen LogP contribution in [0.25, 0.3) is 22.2 Å². The molecule has 0 unspecified atom stereocenters. The Labute approximate surface area is 135 Å². The first kappa shape index (κ1) is 15.2. The van der Waals surface area contributed by atoms with Gasteiger partial charge in [-0.1, -0.05) is 29.8 Å². The number of pyridine rings is 1. The Morgan fingerprint density at radius 3 is 2.00 bits per heavy atom. The SMILES string of the molecule is [Fe].[cH-]1[cH-][cH-][cH-][cH-]1.c1ccc2nc(-[c-]3cccc3)ccc2c1. The van der Waals surface area contributed by atoms with Gasteiger partial charge in [0.15, 0.2) is 0 Å². The van der Waals surface area contributed by atoms with Crippen LogP contribution in [-0.2, 0) is 17.1 Å². The fourth-order valence-corrected chi connectivity index (χ4v) is 2.09. The molecular formula is C19H15FeN-6. The van der Waals surface area contributed by atoms with E-state index in [0.717, 1.165) is 11.2 Å². The van der Waals surface area contributed by atoms with Crippen LogP contribution < -0.4 is 0 Å². The van der Waals surface area contributed by atoms with Crippen molar-refractivity contribution in [3.05, 3.63) is 91.0 Å². The molecule has 1 heterocycles. The number of fused-ring (bicyclic) bond motifs is 1. The molecule has 0 saturated carbocycles. The van der Waals surface area contributed by atoms with Gasteiger partial charge < -0.3 is 30.3 Å². The fraction of sp³-hybridized carbons (Fsp3) is 0. The van der Waals surface area contributed by atoms with Gasteiger partial charge in [-0.25, -0.2) is 0 Å². The number of rotatable bonds is 1. The Hall–Kier alpha value is -2.15. The molecule has 0 aliphatic carbocycles. The van der Waals surface area contributed by atoms with Crippen LogP contribution in [-0.4, -0.2) is 4.98 Å². The van der Waals surface area contributed by atoms with E-state index in [1.807, 2.05) is 60.7 Å². The summed E-state index contributed by atoms with van der Waals surface area (Å²) in [5.74, 6) is 0. The molecule has 0 bridgehead atoms. The van der Waals surface area contributed by atoms with Gasteiger partial charge in [0, 0.05) is 17.1 Å². The van der Waals surface area contributed by atoms with Crippen molar-refractivity contribution in [1.29, 1.82) is 0 Å². The third kappa shape index (κ3) is 3.91. The monoisotopic (exact) mass is 313 g/mol. The molecule has 2 heteroatoms. The van der Waals surface area contributed by atoms with Crippen LogP contribution in [0.2, 0.25) is 0 Å². The molecule has 0 radical (unpaired) electrons. The minimum absolute atomic E-state index is 0. The van der Waals surface area contributed by atoms with Crippen molar-refractivity contribution in [2.24, 2.45) is 0 Å². The van der Waals surface area contributed by atoms with Crippen LogP contribution in [0.1, 0.15) is 0 Å². The van der Waals surface area contributed by atoms with Crippen LogP contribution in [0.3, 0.4) is 0 Å². The summed E-state index contributed by atoms with van der Waals surface area (Å²) >= 11 is 0. The fourth-order valence-electron chi connectivity index (χ4n) is 2.09. The van der Waals surface area contributed by atoms with Gasteiger partial charge in [-0.3, -0.25) is 4.98 Å². The van der Waals surface area contributed by atoms with E-state index in [1.165, 1.54) is 10.9 Å².